The fraction of sp³-hybridized carbons (Fsp3) is 0.286. The topological polar surface area (TPSA) is 75.7 Å². The van der Waals surface area contributed by atoms with E-state index in [1.807, 2.05) is 0 Å². The quantitative estimate of drug-likeness (QED) is 0.602. The summed E-state index contributed by atoms with van der Waals surface area (Å²) in [4.78, 5) is 36.3. The van der Waals surface area contributed by atoms with E-state index in [9.17, 15) is 14.4 Å². The monoisotopic (exact) mass is 372 g/mol. The van der Waals surface area contributed by atoms with E-state index in [0.717, 1.165) is 0 Å². The van der Waals surface area contributed by atoms with Gasteiger partial charge in [0.05, 0.1) is 11.3 Å². The third kappa shape index (κ3) is 5.19. The van der Waals surface area contributed by atoms with Crippen molar-refractivity contribution in [2.45, 2.75) is 0 Å². The smallest absolute Gasteiger partial charge is 0.338 e. The van der Waals surface area contributed by atoms with Crippen molar-refractivity contribution in [2.24, 2.45) is 0 Å². The van der Waals surface area contributed by atoms with Gasteiger partial charge in [0.2, 0.25) is 5.91 Å². The molecule has 1 aromatic carbocycles. The van der Waals surface area contributed by atoms with Gasteiger partial charge >= 0.3 is 5.97 Å². The number of nitrogens with zero attached hydrogens (tertiary/aromatic N) is 1. The molecule has 0 atom stereocenters. The summed E-state index contributed by atoms with van der Waals surface area (Å²) in [6.45, 7) is 0.136. The van der Waals surface area contributed by atoms with E-state index in [4.69, 9.17) is 28.6 Å². The van der Waals surface area contributed by atoms with Gasteiger partial charge < -0.3 is 10.1 Å². The van der Waals surface area contributed by atoms with E-state index in [2.05, 4.69) is 5.32 Å². The third-order valence-corrected chi connectivity index (χ3v) is 4.56. The molecule has 2 rings (SSSR count). The highest BCUT2D eigenvalue weighted by atomic mass is 35.5. The zero-order chi connectivity index (χ0) is 16.8. The van der Waals surface area contributed by atoms with Crippen molar-refractivity contribution in [3.8, 4) is 0 Å². The Labute approximate surface area is 147 Å². The number of hydrogen-bond acceptors (Lipinski definition) is 6. The predicted molar refractivity (Wildman–Crippen MR) is 91.5 cm³/mol. The van der Waals surface area contributed by atoms with Crippen LogP contribution in [-0.4, -0.2) is 52.5 Å². The van der Waals surface area contributed by atoms with Crippen molar-refractivity contribution in [2.75, 3.05) is 25.4 Å². The second-order valence-electron chi connectivity index (χ2n) is 4.54. The minimum Gasteiger partial charge on any atom is -0.452 e. The summed E-state index contributed by atoms with van der Waals surface area (Å²) in [7, 11) is 0. The lowest BCUT2D eigenvalue weighted by Gasteiger charge is -2.15. The van der Waals surface area contributed by atoms with Crippen LogP contribution < -0.4 is 5.32 Å². The molecule has 2 amide bonds. The molecular formula is C14H13ClN2O4S2. The maximum absolute atomic E-state index is 11.7. The van der Waals surface area contributed by atoms with Crippen molar-refractivity contribution >= 4 is 57.7 Å². The van der Waals surface area contributed by atoms with E-state index in [0.29, 0.717) is 21.6 Å². The summed E-state index contributed by atoms with van der Waals surface area (Å²) in [5, 5.41) is 2.97. The first-order chi connectivity index (χ1) is 11.0. The molecular weight excluding hydrogens is 360 g/mol. The first-order valence-corrected chi connectivity index (χ1v) is 8.41. The Kier molecular flexibility index (Phi) is 6.37. The molecule has 1 saturated heterocycles. The molecule has 122 valence electrons. The Balaban J connectivity index is 1.70. The lowest BCUT2D eigenvalue weighted by Crippen LogP contribution is -2.38. The van der Waals surface area contributed by atoms with Crippen LogP contribution in [0, 0.1) is 0 Å². The number of esters is 1. The van der Waals surface area contributed by atoms with Gasteiger partial charge in [-0.2, -0.15) is 0 Å². The molecule has 0 radical (unpaired) electrons. The summed E-state index contributed by atoms with van der Waals surface area (Å²) >= 11 is 12.1. The van der Waals surface area contributed by atoms with Crippen molar-refractivity contribution in [3.63, 3.8) is 0 Å². The van der Waals surface area contributed by atoms with Gasteiger partial charge in [0.25, 0.3) is 5.91 Å². The van der Waals surface area contributed by atoms with Crippen LogP contribution in [0.25, 0.3) is 0 Å². The molecule has 1 fully saturated rings. The number of hydrogen-bond donors (Lipinski definition) is 1. The lowest BCUT2D eigenvalue weighted by atomic mass is 10.2. The van der Waals surface area contributed by atoms with Gasteiger partial charge in [-0.3, -0.25) is 14.5 Å². The number of thiocarbonyl (C=S) groups is 1. The maximum Gasteiger partial charge on any atom is 0.338 e. The zero-order valence-corrected chi connectivity index (χ0v) is 14.3. The zero-order valence-electron chi connectivity index (χ0n) is 11.9. The number of benzene rings is 1. The normalized spacial score (nSPS) is 14.0. The molecule has 1 aliphatic heterocycles. The molecule has 0 spiro atoms. The number of nitrogens with one attached hydrogen (secondary N) is 1. The molecule has 0 aromatic heterocycles. The number of halogens is 1. The minimum absolute atomic E-state index is 0.0679. The van der Waals surface area contributed by atoms with Crippen LogP contribution in [0.3, 0.4) is 0 Å². The number of amides is 2. The standard InChI is InChI=1S/C14H13ClN2O4S2/c15-10-3-1-2-9(6-10)13(20)21-7-11(18)16-4-5-17-12(19)8-23-14(17)22/h1-3,6H,4-5,7-8H2,(H,16,18). The van der Waals surface area contributed by atoms with Gasteiger partial charge in [-0.1, -0.05) is 41.6 Å². The van der Waals surface area contributed by atoms with Crippen LogP contribution >= 0.6 is 35.6 Å². The van der Waals surface area contributed by atoms with Crippen LogP contribution in [0.1, 0.15) is 10.4 Å². The van der Waals surface area contributed by atoms with Crippen molar-refractivity contribution < 1.29 is 19.1 Å². The number of rotatable bonds is 6. The largest absolute Gasteiger partial charge is 0.452 e. The number of carbonyl (C=O) groups is 3. The fourth-order valence-electron chi connectivity index (χ4n) is 1.79. The summed E-state index contributed by atoms with van der Waals surface area (Å²) in [5.41, 5.74) is 0.273. The third-order valence-electron chi connectivity index (χ3n) is 2.89. The number of carbonyl (C=O) groups excluding carboxylic acids is 3. The van der Waals surface area contributed by atoms with Crippen LogP contribution in [0.2, 0.25) is 5.02 Å². The maximum atomic E-state index is 11.7. The van der Waals surface area contributed by atoms with Gasteiger partial charge in [-0.15, -0.1) is 0 Å². The molecule has 6 nitrogen and oxygen atoms in total. The second-order valence-corrected chi connectivity index (χ2v) is 6.58. The first-order valence-electron chi connectivity index (χ1n) is 6.64. The number of ether oxygens (including phenoxy) is 1. The summed E-state index contributed by atoms with van der Waals surface area (Å²) in [5.74, 6) is -0.813. The summed E-state index contributed by atoms with van der Waals surface area (Å²) in [6.07, 6.45) is 0. The van der Waals surface area contributed by atoms with E-state index < -0.39 is 18.5 Å². The van der Waals surface area contributed by atoms with Gasteiger partial charge in [0, 0.05) is 18.1 Å². The molecule has 9 heteroatoms. The average molecular weight is 373 g/mol. The Morgan fingerprint density at radius 2 is 2.22 bits per heavy atom. The van der Waals surface area contributed by atoms with Crippen molar-refractivity contribution in [1.82, 2.24) is 10.2 Å². The van der Waals surface area contributed by atoms with Crippen LogP contribution in [0.5, 0.6) is 0 Å². The molecule has 1 aromatic rings. The Morgan fingerprint density at radius 1 is 1.43 bits per heavy atom. The highest BCUT2D eigenvalue weighted by Gasteiger charge is 2.25. The molecule has 1 heterocycles. The summed E-state index contributed by atoms with van der Waals surface area (Å²) in [6, 6.07) is 6.25. The second kappa shape index (κ2) is 8.28. The van der Waals surface area contributed by atoms with Crippen LogP contribution in [0.4, 0.5) is 0 Å². The Morgan fingerprint density at radius 3 is 2.87 bits per heavy atom. The molecule has 1 aliphatic rings. The van der Waals surface area contributed by atoms with E-state index in [-0.39, 0.29) is 18.0 Å². The molecule has 1 N–H and O–H groups in total. The predicted octanol–water partition coefficient (Wildman–Crippen LogP) is 1.47. The van der Waals surface area contributed by atoms with E-state index in [1.54, 1.807) is 18.2 Å². The minimum atomic E-state index is -0.630. The fourth-order valence-corrected chi connectivity index (χ4v) is 3.10. The molecule has 0 bridgehead atoms. The lowest BCUT2D eigenvalue weighted by molar-refractivity contribution is -0.126. The number of thioether (sulfide) groups is 1. The SMILES string of the molecule is O=C(COC(=O)c1cccc(Cl)c1)NCCN1C(=O)CSC1=S. The molecule has 0 saturated carbocycles. The van der Waals surface area contributed by atoms with Crippen molar-refractivity contribution in [3.05, 3.63) is 34.9 Å². The first kappa shape index (κ1) is 17.7. The van der Waals surface area contributed by atoms with E-state index >= 15 is 0 Å². The molecule has 23 heavy (non-hydrogen) atoms. The molecule has 0 unspecified atom stereocenters. The van der Waals surface area contributed by atoms with E-state index in [1.165, 1.54) is 22.7 Å². The highest BCUT2D eigenvalue weighted by molar-refractivity contribution is 8.23. The average Bonchev–Trinajstić information content (AvgIpc) is 2.84. The van der Waals surface area contributed by atoms with Gasteiger partial charge in [-0.25, -0.2) is 4.79 Å². The van der Waals surface area contributed by atoms with Gasteiger partial charge in [-0.05, 0) is 18.2 Å². The Bertz CT molecular complexity index is 637. The summed E-state index contributed by atoms with van der Waals surface area (Å²) < 4.78 is 5.40. The van der Waals surface area contributed by atoms with Gasteiger partial charge in [0.15, 0.2) is 6.61 Å². The molecule has 0 aliphatic carbocycles. The van der Waals surface area contributed by atoms with Gasteiger partial charge in [0.1, 0.15) is 4.32 Å². The Hall–Kier alpha value is -1.64. The van der Waals surface area contributed by atoms with Crippen LogP contribution in [0.15, 0.2) is 24.3 Å². The van der Waals surface area contributed by atoms with Crippen molar-refractivity contribution in [1.29, 1.82) is 0 Å². The highest BCUT2D eigenvalue weighted by Crippen LogP contribution is 2.18. The van der Waals surface area contributed by atoms with Crippen LogP contribution in [-0.2, 0) is 14.3 Å².